The van der Waals surface area contributed by atoms with Crippen LogP contribution in [0.2, 0.25) is 0 Å². The molecule has 1 aliphatic rings. The lowest BCUT2D eigenvalue weighted by Gasteiger charge is -2.23. The van der Waals surface area contributed by atoms with Crippen molar-refractivity contribution in [2.45, 2.75) is 45.8 Å². The fourth-order valence-electron chi connectivity index (χ4n) is 2.99. The van der Waals surface area contributed by atoms with Crippen LogP contribution in [0.25, 0.3) is 0 Å². The minimum absolute atomic E-state index is 0.0247. The Labute approximate surface area is 136 Å². The summed E-state index contributed by atoms with van der Waals surface area (Å²) in [6.07, 6.45) is 5.04. The van der Waals surface area contributed by atoms with Crippen molar-refractivity contribution in [3.8, 4) is 5.75 Å². The third-order valence-corrected chi connectivity index (χ3v) is 4.19. The number of carbonyl (C=O) groups excluding carboxylic acids is 1. The molecule has 5 heteroatoms. The van der Waals surface area contributed by atoms with Crippen LogP contribution in [0.1, 0.15) is 60.0 Å². The Balaban J connectivity index is 1.77. The lowest BCUT2D eigenvalue weighted by atomic mass is 9.96. The lowest BCUT2D eigenvalue weighted by molar-refractivity contribution is 0.0243. The molecule has 0 saturated heterocycles. The number of fused-ring (bicyclic) bond motifs is 1. The second-order valence-corrected chi connectivity index (χ2v) is 5.81. The predicted molar refractivity (Wildman–Crippen MR) is 86.7 cm³/mol. The molecule has 3 rings (SSSR count). The highest BCUT2D eigenvalue weighted by Gasteiger charge is 2.23. The summed E-state index contributed by atoms with van der Waals surface area (Å²) in [7, 11) is 0. The monoisotopic (exact) mass is 314 g/mol. The quantitative estimate of drug-likeness (QED) is 0.827. The van der Waals surface area contributed by atoms with Gasteiger partial charge in [-0.05, 0) is 56.9 Å². The average Bonchev–Trinajstić information content (AvgIpc) is 3.03. The molecule has 1 heterocycles. The van der Waals surface area contributed by atoms with Gasteiger partial charge >= 0.3 is 0 Å². The normalized spacial score (nSPS) is 16.9. The molecule has 0 spiro atoms. The molecule has 1 aliphatic carbocycles. The van der Waals surface area contributed by atoms with Crippen molar-refractivity contribution < 1.29 is 14.3 Å². The molecule has 0 bridgehead atoms. The zero-order valence-corrected chi connectivity index (χ0v) is 13.6. The number of benzene rings is 1. The topological polar surface area (TPSA) is 64.2 Å². The number of aryl methyl sites for hydroxylation is 1. The van der Waals surface area contributed by atoms with E-state index in [0.29, 0.717) is 18.8 Å². The van der Waals surface area contributed by atoms with Crippen molar-refractivity contribution in [1.82, 2.24) is 10.2 Å². The van der Waals surface area contributed by atoms with Gasteiger partial charge < -0.3 is 9.47 Å². The molecule has 0 amide bonds. The van der Waals surface area contributed by atoms with Gasteiger partial charge in [-0.3, -0.25) is 9.89 Å². The summed E-state index contributed by atoms with van der Waals surface area (Å²) in [6.45, 7) is 4.51. The van der Waals surface area contributed by atoms with Crippen LogP contribution in [0.5, 0.6) is 5.75 Å². The van der Waals surface area contributed by atoms with E-state index in [4.69, 9.17) is 9.47 Å². The van der Waals surface area contributed by atoms with Gasteiger partial charge in [0.25, 0.3) is 0 Å². The van der Waals surface area contributed by atoms with Crippen molar-refractivity contribution in [1.29, 1.82) is 0 Å². The van der Waals surface area contributed by atoms with Crippen LogP contribution in [0.15, 0.2) is 24.4 Å². The van der Waals surface area contributed by atoms with Crippen molar-refractivity contribution in [2.75, 3.05) is 6.61 Å². The summed E-state index contributed by atoms with van der Waals surface area (Å²) in [6, 6.07) is 5.51. The van der Waals surface area contributed by atoms with Crippen molar-refractivity contribution in [3.05, 3.63) is 46.8 Å². The van der Waals surface area contributed by atoms with Crippen molar-refractivity contribution in [3.63, 3.8) is 0 Å². The smallest absolute Gasteiger partial charge is 0.159 e. The molecule has 1 aromatic carbocycles. The fraction of sp³-hybridized carbons (Fsp3) is 0.444. The number of nitrogens with zero attached hydrogens (tertiary/aromatic N) is 1. The Kier molecular flexibility index (Phi) is 4.76. The SMILES string of the molecule is CCOc1ccc(C(C)=O)cc1CO[C@H]1CCCc2cn[nH]c21. The molecule has 0 saturated carbocycles. The van der Waals surface area contributed by atoms with Crippen LogP contribution >= 0.6 is 0 Å². The van der Waals surface area contributed by atoms with Crippen molar-refractivity contribution in [2.24, 2.45) is 0 Å². The first kappa shape index (κ1) is 15.7. The summed E-state index contributed by atoms with van der Waals surface area (Å²) in [5.41, 5.74) is 3.91. The number of carbonyl (C=O) groups is 1. The lowest BCUT2D eigenvalue weighted by Crippen LogP contribution is -2.13. The molecule has 5 nitrogen and oxygen atoms in total. The number of nitrogens with one attached hydrogen (secondary N) is 1. The highest BCUT2D eigenvalue weighted by Crippen LogP contribution is 2.32. The Morgan fingerprint density at radius 1 is 1.43 bits per heavy atom. The first-order valence-electron chi connectivity index (χ1n) is 8.09. The molecule has 0 aliphatic heterocycles. The number of hydrogen-bond acceptors (Lipinski definition) is 4. The Hall–Kier alpha value is -2.14. The van der Waals surface area contributed by atoms with Crippen molar-refractivity contribution >= 4 is 5.78 Å². The van der Waals surface area contributed by atoms with Crippen LogP contribution in [0, 0.1) is 0 Å². The van der Waals surface area contributed by atoms with Gasteiger partial charge in [-0.2, -0.15) is 5.10 Å². The number of rotatable bonds is 6. The first-order chi connectivity index (χ1) is 11.2. The Morgan fingerprint density at radius 2 is 2.30 bits per heavy atom. The molecule has 1 N–H and O–H groups in total. The molecule has 2 aromatic rings. The van der Waals surface area contributed by atoms with Crippen LogP contribution in [-0.4, -0.2) is 22.6 Å². The first-order valence-corrected chi connectivity index (χ1v) is 8.09. The predicted octanol–water partition coefficient (Wildman–Crippen LogP) is 3.61. The molecule has 1 aromatic heterocycles. The van der Waals surface area contributed by atoms with E-state index in [-0.39, 0.29) is 11.9 Å². The Bertz CT molecular complexity index is 693. The Morgan fingerprint density at radius 3 is 3.09 bits per heavy atom. The summed E-state index contributed by atoms with van der Waals surface area (Å²) < 4.78 is 11.8. The van der Waals surface area contributed by atoms with E-state index in [1.54, 1.807) is 13.0 Å². The van der Waals surface area contributed by atoms with Gasteiger partial charge in [0.2, 0.25) is 0 Å². The maximum Gasteiger partial charge on any atom is 0.159 e. The fourth-order valence-corrected chi connectivity index (χ4v) is 2.99. The maximum atomic E-state index is 11.6. The molecule has 1 atom stereocenters. The molecule has 0 fully saturated rings. The van der Waals surface area contributed by atoms with Gasteiger partial charge in [0.05, 0.1) is 31.2 Å². The van der Waals surface area contributed by atoms with E-state index in [0.717, 1.165) is 36.3 Å². The van der Waals surface area contributed by atoms with Gasteiger partial charge in [-0.1, -0.05) is 0 Å². The number of aromatic nitrogens is 2. The summed E-state index contributed by atoms with van der Waals surface area (Å²) in [5.74, 6) is 0.820. The van der Waals surface area contributed by atoms with E-state index in [2.05, 4.69) is 10.2 Å². The van der Waals surface area contributed by atoms with E-state index in [1.807, 2.05) is 25.3 Å². The van der Waals surface area contributed by atoms with Crippen LogP contribution in [0.4, 0.5) is 0 Å². The summed E-state index contributed by atoms with van der Waals surface area (Å²) in [4.78, 5) is 11.6. The van der Waals surface area contributed by atoms with Gasteiger partial charge in [0.1, 0.15) is 5.75 Å². The van der Waals surface area contributed by atoms with Crippen LogP contribution < -0.4 is 4.74 Å². The van der Waals surface area contributed by atoms with Gasteiger partial charge in [-0.15, -0.1) is 0 Å². The minimum Gasteiger partial charge on any atom is -0.494 e. The maximum absolute atomic E-state index is 11.6. The summed E-state index contributed by atoms with van der Waals surface area (Å²) in [5, 5.41) is 7.17. The number of ether oxygens (including phenoxy) is 2. The third kappa shape index (κ3) is 3.45. The molecule has 23 heavy (non-hydrogen) atoms. The van der Waals surface area contributed by atoms with Crippen LogP contribution in [-0.2, 0) is 17.8 Å². The highest BCUT2D eigenvalue weighted by molar-refractivity contribution is 5.94. The van der Waals surface area contributed by atoms with E-state index >= 15 is 0 Å². The van der Waals surface area contributed by atoms with Crippen LogP contribution in [0.3, 0.4) is 0 Å². The number of aromatic amines is 1. The van der Waals surface area contributed by atoms with E-state index in [1.165, 1.54) is 5.56 Å². The summed E-state index contributed by atoms with van der Waals surface area (Å²) >= 11 is 0. The molecular weight excluding hydrogens is 292 g/mol. The number of Topliss-reactive ketones (excluding diaryl/α,β-unsaturated/α-hetero) is 1. The second-order valence-electron chi connectivity index (χ2n) is 5.81. The van der Waals surface area contributed by atoms with Gasteiger partial charge in [0, 0.05) is 11.1 Å². The molecule has 0 radical (unpaired) electrons. The number of hydrogen-bond donors (Lipinski definition) is 1. The number of ketones is 1. The second kappa shape index (κ2) is 6.96. The zero-order chi connectivity index (χ0) is 16.2. The minimum atomic E-state index is 0.0247. The van der Waals surface area contributed by atoms with Gasteiger partial charge in [0.15, 0.2) is 5.78 Å². The average molecular weight is 314 g/mol. The van der Waals surface area contributed by atoms with Gasteiger partial charge in [-0.25, -0.2) is 0 Å². The largest absolute Gasteiger partial charge is 0.494 e. The van der Waals surface area contributed by atoms with E-state index < -0.39 is 0 Å². The standard InChI is InChI=1S/C18H22N2O3/c1-3-22-16-8-7-13(12(2)21)9-15(16)11-23-17-6-4-5-14-10-19-20-18(14)17/h7-10,17H,3-6,11H2,1-2H3,(H,19,20)/t17-/m0/s1. The van der Waals surface area contributed by atoms with E-state index in [9.17, 15) is 4.79 Å². The third-order valence-electron chi connectivity index (χ3n) is 4.19. The number of H-pyrrole nitrogens is 1. The zero-order valence-electron chi connectivity index (χ0n) is 13.6. The molecule has 0 unspecified atom stereocenters. The molecular formula is C18H22N2O3. The highest BCUT2D eigenvalue weighted by atomic mass is 16.5. The molecule has 122 valence electrons.